The van der Waals surface area contributed by atoms with Crippen LogP contribution in [0.1, 0.15) is 34.5 Å². The van der Waals surface area contributed by atoms with Crippen LogP contribution in [-0.4, -0.2) is 9.97 Å². The summed E-state index contributed by atoms with van der Waals surface area (Å²) in [7, 11) is 0. The molecule has 0 aliphatic carbocycles. The molecule has 0 N–H and O–H groups in total. The molecule has 0 bridgehead atoms. The van der Waals surface area contributed by atoms with Gasteiger partial charge in [0.2, 0.25) is 0 Å². The monoisotopic (exact) mass is 460 g/mol. The molecule has 0 aliphatic heterocycles. The number of hydrogen-bond donors (Lipinski definition) is 0. The van der Waals surface area contributed by atoms with Gasteiger partial charge in [0.25, 0.3) is 0 Å². The van der Waals surface area contributed by atoms with Gasteiger partial charge in [-0.15, -0.1) is 6.58 Å². The summed E-state index contributed by atoms with van der Waals surface area (Å²) in [4.78, 5) is 8.72. The van der Waals surface area contributed by atoms with Crippen LogP contribution in [0.4, 0.5) is 17.6 Å². The van der Waals surface area contributed by atoms with Crippen LogP contribution in [0.5, 0.6) is 0 Å². The molecule has 170 valence electrons. The van der Waals surface area contributed by atoms with Crippen molar-refractivity contribution in [1.82, 2.24) is 9.97 Å². The average Bonchev–Trinajstić information content (AvgIpc) is 2.84. The van der Waals surface area contributed by atoms with E-state index in [-0.39, 0.29) is 16.3 Å². The molecule has 0 saturated heterocycles. The Labute approximate surface area is 195 Å². The standard InChI is InChI=1S/C28H20F4N2/c1-2-3-4-20-16-33-26(34-17-20)12-8-19-6-10-21(24(29)14-19)9-5-18-7-11-23-22(13-18)15-25(30)28(32)27(23)31/h2,6-7,10-11,13-17H,1,3-4,8,12H2. The van der Waals surface area contributed by atoms with Crippen LogP contribution in [0.2, 0.25) is 0 Å². The van der Waals surface area contributed by atoms with Crippen molar-refractivity contribution in [3.05, 3.63) is 119 Å². The van der Waals surface area contributed by atoms with E-state index < -0.39 is 23.3 Å². The van der Waals surface area contributed by atoms with Gasteiger partial charge >= 0.3 is 0 Å². The maximum Gasteiger partial charge on any atom is 0.195 e. The van der Waals surface area contributed by atoms with E-state index in [0.29, 0.717) is 24.2 Å². The van der Waals surface area contributed by atoms with Gasteiger partial charge in [0.15, 0.2) is 17.5 Å². The largest absolute Gasteiger partial charge is 0.241 e. The Morgan fingerprint density at radius 2 is 1.56 bits per heavy atom. The zero-order valence-electron chi connectivity index (χ0n) is 18.2. The van der Waals surface area contributed by atoms with Gasteiger partial charge in [0, 0.05) is 29.8 Å². The number of benzene rings is 3. The summed E-state index contributed by atoms with van der Waals surface area (Å²) in [6.45, 7) is 3.70. The highest BCUT2D eigenvalue weighted by Crippen LogP contribution is 2.24. The first kappa shape index (κ1) is 23.2. The lowest BCUT2D eigenvalue weighted by atomic mass is 10.0. The molecule has 3 aromatic carbocycles. The van der Waals surface area contributed by atoms with Crippen molar-refractivity contribution >= 4 is 10.8 Å². The molecule has 0 spiro atoms. The molecule has 4 rings (SSSR count). The minimum absolute atomic E-state index is 0.0460. The number of aryl methyl sites for hydroxylation is 3. The molecule has 2 nitrogen and oxygen atoms in total. The van der Waals surface area contributed by atoms with Crippen LogP contribution in [0.15, 0.2) is 67.5 Å². The zero-order valence-corrected chi connectivity index (χ0v) is 18.2. The smallest absolute Gasteiger partial charge is 0.195 e. The second-order valence-corrected chi connectivity index (χ2v) is 7.82. The SMILES string of the molecule is C=CCCc1cnc(CCc2ccc(C#Cc3ccc4c(F)c(F)c(F)cc4c3)c(F)c2)nc1. The molecule has 1 heterocycles. The predicted octanol–water partition coefficient (Wildman–Crippen LogP) is 6.49. The second kappa shape index (κ2) is 10.3. The minimum atomic E-state index is -1.51. The normalized spacial score (nSPS) is 10.7. The van der Waals surface area contributed by atoms with Crippen LogP contribution in [0, 0.1) is 35.1 Å². The van der Waals surface area contributed by atoms with E-state index in [9.17, 15) is 17.6 Å². The minimum Gasteiger partial charge on any atom is -0.241 e. The lowest BCUT2D eigenvalue weighted by Gasteiger charge is -2.04. The average molecular weight is 460 g/mol. The van der Waals surface area contributed by atoms with Gasteiger partial charge in [-0.2, -0.15) is 0 Å². The molecule has 1 aromatic heterocycles. The third-order valence-electron chi connectivity index (χ3n) is 5.38. The van der Waals surface area contributed by atoms with Gasteiger partial charge in [-0.05, 0) is 66.1 Å². The molecule has 34 heavy (non-hydrogen) atoms. The topological polar surface area (TPSA) is 25.8 Å². The maximum atomic E-state index is 14.6. The Bertz CT molecular complexity index is 1420. The van der Waals surface area contributed by atoms with Gasteiger partial charge < -0.3 is 0 Å². The summed E-state index contributed by atoms with van der Waals surface area (Å²) in [6, 6.07) is 9.95. The molecule has 4 aromatic rings. The highest BCUT2D eigenvalue weighted by atomic mass is 19.2. The predicted molar refractivity (Wildman–Crippen MR) is 124 cm³/mol. The number of rotatable bonds is 6. The van der Waals surface area contributed by atoms with E-state index in [0.717, 1.165) is 30.0 Å². The molecule has 0 unspecified atom stereocenters. The third-order valence-corrected chi connectivity index (χ3v) is 5.38. The lowest BCUT2D eigenvalue weighted by Crippen LogP contribution is -2.00. The van der Waals surface area contributed by atoms with Gasteiger partial charge in [0.1, 0.15) is 11.6 Å². The van der Waals surface area contributed by atoms with Gasteiger partial charge in [-0.1, -0.05) is 30.0 Å². The molecule has 0 radical (unpaired) electrons. The molecule has 0 atom stereocenters. The van der Waals surface area contributed by atoms with Gasteiger partial charge in [0.05, 0.1) is 5.56 Å². The third kappa shape index (κ3) is 5.32. The van der Waals surface area contributed by atoms with E-state index in [1.165, 1.54) is 24.3 Å². The van der Waals surface area contributed by atoms with Crippen LogP contribution in [0.25, 0.3) is 10.8 Å². The fourth-order valence-electron chi connectivity index (χ4n) is 3.50. The summed E-state index contributed by atoms with van der Waals surface area (Å²) >= 11 is 0. The van der Waals surface area contributed by atoms with Crippen molar-refractivity contribution in [3.8, 4) is 11.8 Å². The Hall–Kier alpha value is -3.98. The molecule has 6 heteroatoms. The lowest BCUT2D eigenvalue weighted by molar-refractivity contribution is 0.453. The first-order valence-corrected chi connectivity index (χ1v) is 10.7. The summed E-state index contributed by atoms with van der Waals surface area (Å²) in [5.41, 5.74) is 2.46. The van der Waals surface area contributed by atoms with Crippen LogP contribution < -0.4 is 0 Å². The Kier molecular flexibility index (Phi) is 7.03. The number of halogens is 4. The number of aromatic nitrogens is 2. The highest BCUT2D eigenvalue weighted by molar-refractivity contribution is 5.84. The molecule has 0 fully saturated rings. The molecule has 0 amide bonds. The molecular weight excluding hydrogens is 440 g/mol. The Morgan fingerprint density at radius 1 is 0.765 bits per heavy atom. The number of fused-ring (bicyclic) bond motifs is 1. The molecule has 0 saturated carbocycles. The second-order valence-electron chi connectivity index (χ2n) is 7.82. The van der Waals surface area contributed by atoms with Gasteiger partial charge in [-0.3, -0.25) is 0 Å². The van der Waals surface area contributed by atoms with E-state index in [2.05, 4.69) is 28.4 Å². The summed E-state index contributed by atoms with van der Waals surface area (Å²) in [5.74, 6) is 1.72. The van der Waals surface area contributed by atoms with Crippen molar-refractivity contribution in [2.24, 2.45) is 0 Å². The van der Waals surface area contributed by atoms with Crippen LogP contribution >= 0.6 is 0 Å². The maximum absolute atomic E-state index is 14.6. The Balaban J connectivity index is 1.45. The van der Waals surface area contributed by atoms with E-state index >= 15 is 0 Å². The summed E-state index contributed by atoms with van der Waals surface area (Å²) in [6.07, 6.45) is 8.33. The van der Waals surface area contributed by atoms with Gasteiger partial charge in [-0.25, -0.2) is 27.5 Å². The molecule has 0 aliphatic rings. The van der Waals surface area contributed by atoms with Crippen LogP contribution in [0.3, 0.4) is 0 Å². The van der Waals surface area contributed by atoms with E-state index in [1.54, 1.807) is 24.5 Å². The van der Waals surface area contributed by atoms with Crippen LogP contribution in [-0.2, 0) is 19.3 Å². The van der Waals surface area contributed by atoms with E-state index in [1.807, 2.05) is 6.08 Å². The van der Waals surface area contributed by atoms with Crippen molar-refractivity contribution in [1.29, 1.82) is 0 Å². The first-order valence-electron chi connectivity index (χ1n) is 10.7. The number of allylic oxidation sites excluding steroid dienone is 1. The summed E-state index contributed by atoms with van der Waals surface area (Å²) < 4.78 is 55.3. The fourth-order valence-corrected chi connectivity index (χ4v) is 3.50. The van der Waals surface area contributed by atoms with Crippen molar-refractivity contribution in [3.63, 3.8) is 0 Å². The highest BCUT2D eigenvalue weighted by Gasteiger charge is 2.13. The van der Waals surface area contributed by atoms with E-state index in [4.69, 9.17) is 0 Å². The number of nitrogens with zero attached hydrogens (tertiary/aromatic N) is 2. The number of hydrogen-bond acceptors (Lipinski definition) is 2. The Morgan fingerprint density at radius 3 is 2.29 bits per heavy atom. The quantitative estimate of drug-likeness (QED) is 0.142. The fraction of sp³-hybridized carbons (Fsp3) is 0.143. The first-order chi connectivity index (χ1) is 16.4. The zero-order chi connectivity index (χ0) is 24.1. The van der Waals surface area contributed by atoms with Crippen molar-refractivity contribution < 1.29 is 17.6 Å². The summed E-state index contributed by atoms with van der Waals surface area (Å²) in [5, 5.41) is 0.130. The van der Waals surface area contributed by atoms with Crippen molar-refractivity contribution in [2.45, 2.75) is 25.7 Å². The molecular formula is C28H20F4N2. The van der Waals surface area contributed by atoms with Crippen molar-refractivity contribution in [2.75, 3.05) is 0 Å².